The number of hydrogen-bond donors (Lipinski definition) is 6. The van der Waals surface area contributed by atoms with Gasteiger partial charge in [0.2, 0.25) is 0 Å². The number of carbonyl (C=O) groups excluding carboxylic acids is 3. The van der Waals surface area contributed by atoms with Crippen molar-refractivity contribution in [2.24, 2.45) is 9.98 Å². The second-order valence-corrected chi connectivity index (χ2v) is 14.5. The molecule has 0 heterocycles. The highest BCUT2D eigenvalue weighted by Gasteiger charge is 2.27. The van der Waals surface area contributed by atoms with Gasteiger partial charge in [0, 0.05) is 58.6 Å². The summed E-state index contributed by atoms with van der Waals surface area (Å²) in [5.41, 5.74) is 2.50. The zero-order valence-electron chi connectivity index (χ0n) is 26.5. The van der Waals surface area contributed by atoms with Crippen LogP contribution >= 0.6 is 0 Å². The minimum atomic E-state index is -4.44. The number of carbonyl (C=O) groups is 3. The second kappa shape index (κ2) is 13.8. The number of rotatable bonds is 6. The Bertz CT molecular complexity index is 2320. The summed E-state index contributed by atoms with van der Waals surface area (Å²) in [6.07, 6.45) is 10.0. The summed E-state index contributed by atoms with van der Waals surface area (Å²) in [6, 6.07) is 10.9. The van der Waals surface area contributed by atoms with E-state index in [9.17, 15) is 50.5 Å². The molecule has 15 nitrogen and oxygen atoms in total. The SMILES string of the molecule is O=C(Nc1ccc(C(=O)N=C2C=C(O)C3=CC=C(S(=O)(=O)O)CC3=C2)cc1)Nc1ccc(C(=O)N=C2C=C(O)C3=CC=C(S(=O)(=O)O)CC3=C2)cc1. The van der Waals surface area contributed by atoms with E-state index in [0.29, 0.717) is 33.7 Å². The normalized spacial score (nSPS) is 18.6. The molecule has 0 spiro atoms. The second-order valence-electron chi connectivity index (χ2n) is 11.5. The van der Waals surface area contributed by atoms with Crippen molar-refractivity contribution >= 4 is 60.9 Å². The van der Waals surface area contributed by atoms with Crippen molar-refractivity contribution in [1.29, 1.82) is 0 Å². The van der Waals surface area contributed by atoms with E-state index in [4.69, 9.17) is 0 Å². The maximum Gasteiger partial charge on any atom is 0.323 e. The zero-order valence-corrected chi connectivity index (χ0v) is 28.1. The fraction of sp³-hybridized carbons (Fsp3) is 0.0571. The number of urea groups is 1. The fourth-order valence-corrected chi connectivity index (χ4v) is 6.57. The van der Waals surface area contributed by atoms with Crippen molar-refractivity contribution in [3.63, 3.8) is 0 Å². The van der Waals surface area contributed by atoms with E-state index in [1.54, 1.807) is 0 Å². The number of amides is 4. The van der Waals surface area contributed by atoms with Gasteiger partial charge in [-0.2, -0.15) is 16.8 Å². The first kappa shape index (κ1) is 35.6. The number of aliphatic hydroxyl groups excluding tert-OH is 2. The summed E-state index contributed by atoms with van der Waals surface area (Å²) in [5, 5.41) is 25.9. The maximum atomic E-state index is 12.8. The molecule has 0 aromatic heterocycles. The van der Waals surface area contributed by atoms with Gasteiger partial charge in [0.1, 0.15) is 11.5 Å². The largest absolute Gasteiger partial charge is 0.507 e. The number of nitrogens with zero attached hydrogens (tertiary/aromatic N) is 2. The highest BCUT2D eigenvalue weighted by Crippen LogP contribution is 2.34. The molecule has 0 radical (unpaired) electrons. The van der Waals surface area contributed by atoms with E-state index >= 15 is 0 Å². The number of hydrogen-bond acceptors (Lipinski definition) is 9. The van der Waals surface area contributed by atoms with Gasteiger partial charge in [-0.3, -0.25) is 18.7 Å². The van der Waals surface area contributed by atoms with Gasteiger partial charge in [-0.15, -0.1) is 0 Å². The molecule has 52 heavy (non-hydrogen) atoms. The number of aliphatic hydroxyl groups is 2. The Morgan fingerprint density at radius 1 is 0.558 bits per heavy atom. The molecule has 17 heteroatoms. The van der Waals surface area contributed by atoms with Crippen LogP contribution in [0.4, 0.5) is 16.2 Å². The van der Waals surface area contributed by atoms with E-state index in [1.807, 2.05) is 0 Å². The number of nitrogens with one attached hydrogen (secondary N) is 2. The van der Waals surface area contributed by atoms with Crippen molar-refractivity contribution in [2.45, 2.75) is 12.8 Å². The molecule has 0 aliphatic heterocycles. The van der Waals surface area contributed by atoms with E-state index in [2.05, 4.69) is 20.6 Å². The molecular weight excluding hydrogens is 717 g/mol. The van der Waals surface area contributed by atoms with E-state index in [0.717, 1.165) is 0 Å². The minimum absolute atomic E-state index is 0.0698. The van der Waals surface area contributed by atoms with Gasteiger partial charge in [-0.25, -0.2) is 14.8 Å². The molecule has 4 aliphatic carbocycles. The van der Waals surface area contributed by atoms with Gasteiger partial charge >= 0.3 is 6.03 Å². The third-order valence-corrected chi connectivity index (χ3v) is 9.85. The van der Waals surface area contributed by atoms with Gasteiger partial charge in [0.25, 0.3) is 32.1 Å². The maximum absolute atomic E-state index is 12.8. The molecule has 4 amide bonds. The number of allylic oxidation sites excluding steroid dienone is 12. The Morgan fingerprint density at radius 2 is 0.923 bits per heavy atom. The van der Waals surface area contributed by atoms with Crippen molar-refractivity contribution in [3.8, 4) is 0 Å². The van der Waals surface area contributed by atoms with Gasteiger partial charge in [0.15, 0.2) is 0 Å². The third kappa shape index (κ3) is 8.03. The smallest absolute Gasteiger partial charge is 0.323 e. The van der Waals surface area contributed by atoms with Crippen LogP contribution in [0.15, 0.2) is 151 Å². The summed E-state index contributed by atoms with van der Waals surface area (Å²) in [4.78, 5) is 45.7. The van der Waals surface area contributed by atoms with Crippen LogP contribution < -0.4 is 10.6 Å². The summed E-state index contributed by atoms with van der Waals surface area (Å²) >= 11 is 0. The van der Waals surface area contributed by atoms with E-state index in [1.165, 1.54) is 97.1 Å². The Hall–Kier alpha value is -6.27. The van der Waals surface area contributed by atoms with Crippen LogP contribution in [-0.4, -0.2) is 65.4 Å². The van der Waals surface area contributed by atoms with Crippen LogP contribution in [0.1, 0.15) is 33.6 Å². The van der Waals surface area contributed by atoms with Crippen LogP contribution in [0.2, 0.25) is 0 Å². The van der Waals surface area contributed by atoms with Crippen LogP contribution in [0.5, 0.6) is 0 Å². The highest BCUT2D eigenvalue weighted by molar-refractivity contribution is 7.90. The average molecular weight is 743 g/mol. The minimum Gasteiger partial charge on any atom is -0.507 e. The molecule has 0 saturated carbocycles. The lowest BCUT2D eigenvalue weighted by Gasteiger charge is -2.20. The van der Waals surface area contributed by atoms with Crippen LogP contribution in [-0.2, 0) is 20.2 Å². The molecule has 4 aliphatic rings. The Kier molecular flexibility index (Phi) is 9.44. The molecule has 264 valence electrons. The molecule has 6 N–H and O–H groups in total. The number of fused-ring (bicyclic) bond motifs is 2. The molecule has 2 aromatic rings. The highest BCUT2D eigenvalue weighted by atomic mass is 32.2. The molecule has 2 aromatic carbocycles. The van der Waals surface area contributed by atoms with Crippen LogP contribution in [0.3, 0.4) is 0 Å². The van der Waals surface area contributed by atoms with Crippen molar-refractivity contribution < 1.29 is 50.5 Å². The number of aliphatic imine (C=N–C) groups is 2. The lowest BCUT2D eigenvalue weighted by atomic mass is 9.91. The van der Waals surface area contributed by atoms with Gasteiger partial charge < -0.3 is 20.8 Å². The van der Waals surface area contributed by atoms with Crippen molar-refractivity contribution in [1.82, 2.24) is 0 Å². The van der Waals surface area contributed by atoms with Crippen LogP contribution in [0, 0.1) is 0 Å². The zero-order chi connectivity index (χ0) is 37.4. The lowest BCUT2D eigenvalue weighted by Crippen LogP contribution is -2.19. The predicted molar refractivity (Wildman–Crippen MR) is 191 cm³/mol. The molecule has 6 rings (SSSR count). The van der Waals surface area contributed by atoms with Gasteiger partial charge in [0.05, 0.1) is 21.2 Å². The summed E-state index contributed by atoms with van der Waals surface area (Å²) in [7, 11) is -8.88. The van der Waals surface area contributed by atoms with Crippen molar-refractivity contribution in [3.05, 3.63) is 152 Å². The molecule has 0 fully saturated rings. The van der Waals surface area contributed by atoms with E-state index < -0.39 is 38.1 Å². The number of anilines is 2. The molecule has 0 unspecified atom stereocenters. The first-order valence-corrected chi connectivity index (χ1v) is 18.0. The first-order chi connectivity index (χ1) is 24.5. The van der Waals surface area contributed by atoms with Gasteiger partial charge in [-0.05, 0) is 96.1 Å². The topological polar surface area (TPSA) is 249 Å². The first-order valence-electron chi connectivity index (χ1n) is 15.1. The summed E-state index contributed by atoms with van der Waals surface area (Å²) < 4.78 is 64.8. The lowest BCUT2D eigenvalue weighted by molar-refractivity contribution is 0.0995. The number of benzene rings is 2. The van der Waals surface area contributed by atoms with Gasteiger partial charge in [-0.1, -0.05) is 0 Å². The third-order valence-electron chi connectivity index (χ3n) is 7.96. The Morgan fingerprint density at radius 3 is 1.27 bits per heavy atom. The standard InChI is InChI=1S/C35H26N4O11S2/c40-31-17-25(13-21-15-27(51(45,46)47)9-11-29(21)31)36-33(42)19-1-5-23(6-2-19)38-35(44)39-24-7-3-20(4-8-24)34(43)37-26-14-22-16-28(52(48,49)50)10-12-30(22)32(41)18-26/h1-14,17-18,40-41H,15-16H2,(H2,38,39,44)(H,45,46,47)(H,48,49,50). The predicted octanol–water partition coefficient (Wildman–Crippen LogP) is 5.46. The molecular formula is C35H26N4O11S2. The average Bonchev–Trinajstić information content (AvgIpc) is 3.07. The summed E-state index contributed by atoms with van der Waals surface area (Å²) in [5.74, 6) is -1.79. The summed E-state index contributed by atoms with van der Waals surface area (Å²) in [6.45, 7) is 0. The van der Waals surface area contributed by atoms with E-state index in [-0.39, 0.29) is 56.7 Å². The Labute approximate surface area is 296 Å². The quantitative estimate of drug-likeness (QED) is 0.203. The monoisotopic (exact) mass is 742 g/mol. The van der Waals surface area contributed by atoms with Crippen LogP contribution in [0.25, 0.3) is 0 Å². The van der Waals surface area contributed by atoms with Crippen molar-refractivity contribution in [2.75, 3.05) is 10.6 Å². The molecule has 0 atom stereocenters. The fourth-order valence-electron chi connectivity index (χ4n) is 5.42. The Balaban J connectivity index is 1.05. The molecule has 0 saturated heterocycles. The molecule has 0 bridgehead atoms.